The third-order valence-electron chi connectivity index (χ3n) is 1.58. The van der Waals surface area contributed by atoms with Gasteiger partial charge in [-0.05, 0) is 20.4 Å². The zero-order chi connectivity index (χ0) is 7.98. The first-order valence-corrected chi connectivity index (χ1v) is 3.87. The average molecular weight is 143 g/mol. The van der Waals surface area contributed by atoms with E-state index < -0.39 is 0 Å². The van der Waals surface area contributed by atoms with E-state index in [2.05, 4.69) is 12.2 Å². The normalized spacial score (nSPS) is 13.1. The molecule has 0 rings (SSSR count). The lowest BCUT2D eigenvalue weighted by Crippen LogP contribution is -2.26. The minimum absolute atomic E-state index is 0.271. The van der Waals surface area contributed by atoms with Crippen molar-refractivity contribution in [1.29, 1.82) is 0 Å². The Morgan fingerprint density at radius 1 is 1.60 bits per heavy atom. The fourth-order valence-electron chi connectivity index (χ4n) is 1.04. The van der Waals surface area contributed by atoms with E-state index in [4.69, 9.17) is 0 Å². The first-order valence-electron chi connectivity index (χ1n) is 3.87. The fourth-order valence-corrected chi connectivity index (χ4v) is 1.04. The van der Waals surface area contributed by atoms with Crippen molar-refractivity contribution in [3.8, 4) is 0 Å². The summed E-state index contributed by atoms with van der Waals surface area (Å²) in [4.78, 5) is 10.6. The molecule has 0 heterocycles. The predicted molar refractivity (Wildman–Crippen MR) is 43.1 cm³/mol. The van der Waals surface area contributed by atoms with Crippen LogP contribution in [0.1, 0.15) is 33.1 Å². The largest absolute Gasteiger partial charge is 0.317 e. The van der Waals surface area contributed by atoms with Crippen LogP contribution in [-0.4, -0.2) is 18.9 Å². The molecule has 1 unspecified atom stereocenters. The second kappa shape index (κ2) is 5.42. The smallest absolute Gasteiger partial charge is 0.131 e. The summed E-state index contributed by atoms with van der Waals surface area (Å²) in [6.45, 7) is 3.77. The molecule has 0 aromatic rings. The van der Waals surface area contributed by atoms with Gasteiger partial charge in [0.05, 0.1) is 0 Å². The maximum atomic E-state index is 10.6. The van der Waals surface area contributed by atoms with Crippen LogP contribution < -0.4 is 5.32 Å². The van der Waals surface area contributed by atoms with Crippen LogP contribution >= 0.6 is 0 Å². The zero-order valence-electron chi connectivity index (χ0n) is 7.11. The van der Waals surface area contributed by atoms with Crippen molar-refractivity contribution < 1.29 is 4.79 Å². The van der Waals surface area contributed by atoms with E-state index in [0.717, 1.165) is 12.8 Å². The summed E-state index contributed by atoms with van der Waals surface area (Å²) in [5.41, 5.74) is 0. The van der Waals surface area contributed by atoms with Gasteiger partial charge < -0.3 is 5.32 Å². The van der Waals surface area contributed by atoms with Gasteiger partial charge in [0.2, 0.25) is 0 Å². The Kier molecular flexibility index (Phi) is 5.22. The van der Waals surface area contributed by atoms with Crippen LogP contribution in [0.3, 0.4) is 0 Å². The summed E-state index contributed by atoms with van der Waals surface area (Å²) >= 11 is 0. The van der Waals surface area contributed by atoms with Crippen LogP contribution in [-0.2, 0) is 4.79 Å². The van der Waals surface area contributed by atoms with E-state index in [9.17, 15) is 4.79 Å². The van der Waals surface area contributed by atoms with Gasteiger partial charge in [0.1, 0.15) is 5.78 Å². The minimum Gasteiger partial charge on any atom is -0.317 e. The Hall–Kier alpha value is -0.370. The van der Waals surface area contributed by atoms with Crippen LogP contribution in [0.25, 0.3) is 0 Å². The van der Waals surface area contributed by atoms with Crippen LogP contribution in [0.15, 0.2) is 0 Å². The van der Waals surface area contributed by atoms with Gasteiger partial charge >= 0.3 is 0 Å². The third-order valence-corrected chi connectivity index (χ3v) is 1.58. The van der Waals surface area contributed by atoms with Crippen LogP contribution in [0.5, 0.6) is 0 Å². The van der Waals surface area contributed by atoms with Gasteiger partial charge in [0.25, 0.3) is 0 Å². The number of Topliss-reactive ketones (excluding diaryl/α,β-unsaturated/α-hetero) is 1. The third kappa shape index (κ3) is 4.50. The molecule has 0 saturated heterocycles. The zero-order valence-corrected chi connectivity index (χ0v) is 7.11. The van der Waals surface area contributed by atoms with Gasteiger partial charge in [-0.3, -0.25) is 4.79 Å². The molecule has 1 atom stereocenters. The molecule has 2 nitrogen and oxygen atoms in total. The Bertz CT molecular complexity index is 101. The number of rotatable bonds is 5. The minimum atomic E-state index is 0.271. The summed E-state index contributed by atoms with van der Waals surface area (Å²) < 4.78 is 0. The maximum Gasteiger partial charge on any atom is 0.131 e. The van der Waals surface area contributed by atoms with Crippen molar-refractivity contribution >= 4 is 5.78 Å². The predicted octanol–water partition coefficient (Wildman–Crippen LogP) is 1.35. The van der Waals surface area contributed by atoms with E-state index in [0.29, 0.717) is 12.5 Å². The topological polar surface area (TPSA) is 29.1 Å². The molecular formula is C8H17NO. The van der Waals surface area contributed by atoms with Crippen LogP contribution in [0, 0.1) is 0 Å². The quantitative estimate of drug-likeness (QED) is 0.629. The maximum absolute atomic E-state index is 10.6. The molecule has 0 aromatic carbocycles. The van der Waals surface area contributed by atoms with E-state index in [-0.39, 0.29) is 5.78 Å². The second-order valence-electron chi connectivity index (χ2n) is 2.68. The molecule has 0 fully saturated rings. The Balaban J connectivity index is 3.49. The first kappa shape index (κ1) is 9.63. The Morgan fingerprint density at radius 2 is 2.20 bits per heavy atom. The van der Waals surface area contributed by atoms with Crippen LogP contribution in [0.4, 0.5) is 0 Å². The SMILES string of the molecule is CCCC(CC(C)=O)NC. The lowest BCUT2D eigenvalue weighted by molar-refractivity contribution is -0.117. The molecule has 2 heteroatoms. The van der Waals surface area contributed by atoms with Crippen molar-refractivity contribution in [2.24, 2.45) is 0 Å². The van der Waals surface area contributed by atoms with Crippen molar-refractivity contribution in [1.82, 2.24) is 5.32 Å². The van der Waals surface area contributed by atoms with Gasteiger partial charge in [0, 0.05) is 12.5 Å². The molecule has 0 spiro atoms. The highest BCUT2D eigenvalue weighted by Crippen LogP contribution is 2.00. The molecule has 1 N–H and O–H groups in total. The Morgan fingerprint density at radius 3 is 2.50 bits per heavy atom. The number of nitrogens with one attached hydrogen (secondary N) is 1. The van der Waals surface area contributed by atoms with E-state index in [1.807, 2.05) is 7.05 Å². The van der Waals surface area contributed by atoms with Gasteiger partial charge in [0.15, 0.2) is 0 Å². The van der Waals surface area contributed by atoms with Gasteiger partial charge in [-0.1, -0.05) is 13.3 Å². The van der Waals surface area contributed by atoms with Crippen molar-refractivity contribution in [3.63, 3.8) is 0 Å². The molecule has 60 valence electrons. The molecule has 0 aliphatic heterocycles. The first-order chi connectivity index (χ1) is 4.70. The van der Waals surface area contributed by atoms with Gasteiger partial charge in [-0.25, -0.2) is 0 Å². The highest BCUT2D eigenvalue weighted by atomic mass is 16.1. The van der Waals surface area contributed by atoms with E-state index in [1.54, 1.807) is 6.92 Å². The highest BCUT2D eigenvalue weighted by Gasteiger charge is 2.05. The van der Waals surface area contributed by atoms with Crippen molar-refractivity contribution in [2.75, 3.05) is 7.05 Å². The molecule has 0 aromatic heterocycles. The summed E-state index contributed by atoms with van der Waals surface area (Å²) in [5.74, 6) is 0.271. The number of ketones is 1. The second-order valence-corrected chi connectivity index (χ2v) is 2.68. The van der Waals surface area contributed by atoms with Gasteiger partial charge in [-0.15, -0.1) is 0 Å². The molecule has 10 heavy (non-hydrogen) atoms. The molecular weight excluding hydrogens is 126 g/mol. The fraction of sp³-hybridized carbons (Fsp3) is 0.875. The lowest BCUT2D eigenvalue weighted by atomic mass is 10.1. The number of hydrogen-bond acceptors (Lipinski definition) is 2. The van der Waals surface area contributed by atoms with Crippen molar-refractivity contribution in [2.45, 2.75) is 39.2 Å². The van der Waals surface area contributed by atoms with Gasteiger partial charge in [-0.2, -0.15) is 0 Å². The average Bonchev–Trinajstić information content (AvgIpc) is 1.86. The van der Waals surface area contributed by atoms with E-state index in [1.165, 1.54) is 0 Å². The molecule has 0 radical (unpaired) electrons. The summed E-state index contributed by atoms with van der Waals surface area (Å²) in [5, 5.41) is 3.11. The monoisotopic (exact) mass is 143 g/mol. The number of carbonyl (C=O) groups excluding carboxylic acids is 1. The highest BCUT2D eigenvalue weighted by molar-refractivity contribution is 5.76. The standard InChI is InChI=1S/C8H17NO/c1-4-5-8(9-3)6-7(2)10/h8-9H,4-6H2,1-3H3. The molecule has 0 amide bonds. The Labute approximate surface area is 63.0 Å². The number of hydrogen-bond donors (Lipinski definition) is 1. The molecule has 0 bridgehead atoms. The number of carbonyl (C=O) groups is 1. The molecule has 0 aliphatic carbocycles. The summed E-state index contributed by atoms with van der Waals surface area (Å²) in [6, 6.07) is 0.391. The molecule has 0 aliphatic rings. The lowest BCUT2D eigenvalue weighted by Gasteiger charge is -2.11. The summed E-state index contributed by atoms with van der Waals surface area (Å²) in [6.07, 6.45) is 2.90. The van der Waals surface area contributed by atoms with Crippen LogP contribution in [0.2, 0.25) is 0 Å². The summed E-state index contributed by atoms with van der Waals surface area (Å²) in [7, 11) is 1.91. The van der Waals surface area contributed by atoms with E-state index >= 15 is 0 Å². The molecule has 0 saturated carbocycles. The van der Waals surface area contributed by atoms with Crippen molar-refractivity contribution in [3.05, 3.63) is 0 Å².